The molecular weight excluding hydrogens is 353 g/mol. The van der Waals surface area contributed by atoms with E-state index < -0.39 is 7.75 Å². The van der Waals surface area contributed by atoms with Crippen LogP contribution in [-0.2, 0) is 33.9 Å². The maximum atomic E-state index is 13.4. The smallest absolute Gasteiger partial charge is 0.445 e. The lowest BCUT2D eigenvalue weighted by molar-refractivity contribution is 0.180. The lowest BCUT2D eigenvalue weighted by Crippen LogP contribution is -2.23. The maximum Gasteiger partial charge on any atom is 0.445 e. The molecule has 1 heterocycles. The first-order valence-corrected chi connectivity index (χ1v) is 9.49. The first-order valence-electron chi connectivity index (χ1n) is 7.99. The molecule has 8 heteroatoms. The Morgan fingerprint density at radius 3 is 1.81 bits per heavy atom. The zero-order valence-electron chi connectivity index (χ0n) is 14.3. The van der Waals surface area contributed by atoms with Crippen molar-refractivity contribution in [3.63, 3.8) is 0 Å². The Bertz CT molecular complexity index is 920. The summed E-state index contributed by atoms with van der Waals surface area (Å²) in [5, 5.41) is 18.2. The van der Waals surface area contributed by atoms with Crippen LogP contribution in [0.5, 0.6) is 5.88 Å². The Morgan fingerprint density at radius 2 is 1.42 bits per heavy atom. The van der Waals surface area contributed by atoms with Gasteiger partial charge in [0, 0.05) is 7.05 Å². The van der Waals surface area contributed by atoms with Gasteiger partial charge in [-0.2, -0.15) is 4.34 Å². The first kappa shape index (κ1) is 18.2. The van der Waals surface area contributed by atoms with E-state index >= 15 is 0 Å². The first-order chi connectivity index (χ1) is 12.5. The van der Waals surface area contributed by atoms with Gasteiger partial charge in [0.2, 0.25) is 11.5 Å². The molecule has 0 radical (unpaired) electrons. The van der Waals surface area contributed by atoms with Crippen LogP contribution in [-0.4, -0.2) is 14.0 Å². The topological polar surface area (TPSA) is 89.5 Å². The van der Waals surface area contributed by atoms with Crippen molar-refractivity contribution >= 4 is 7.75 Å². The van der Waals surface area contributed by atoms with Gasteiger partial charge in [0.25, 0.3) is 0 Å². The number of aryl methyl sites for hydroxylation is 1. The standard InChI is InChI=1S/C18H20N3O4P/c1-20-12-17(22)21(18(20)19)26(23,24-13-15-8-4-2-5-9-15)25-14-16-10-6-3-7-11-16/h2-12,19,22H,13-14H2,1H3. The molecule has 0 aliphatic rings. The predicted molar refractivity (Wildman–Crippen MR) is 96.4 cm³/mol. The second-order valence-corrected chi connectivity index (χ2v) is 7.57. The van der Waals surface area contributed by atoms with E-state index in [9.17, 15) is 9.67 Å². The number of imidazole rings is 1. The van der Waals surface area contributed by atoms with Crippen LogP contribution in [0.3, 0.4) is 0 Å². The van der Waals surface area contributed by atoms with Gasteiger partial charge in [0.05, 0.1) is 19.4 Å². The van der Waals surface area contributed by atoms with E-state index in [2.05, 4.69) is 0 Å². The van der Waals surface area contributed by atoms with Crippen molar-refractivity contribution in [1.29, 1.82) is 5.41 Å². The van der Waals surface area contributed by atoms with Gasteiger partial charge in [-0.15, -0.1) is 0 Å². The van der Waals surface area contributed by atoms with Gasteiger partial charge in [-0.05, 0) is 11.1 Å². The number of benzene rings is 2. The molecule has 0 amide bonds. The molecule has 0 saturated carbocycles. The van der Waals surface area contributed by atoms with E-state index in [1.54, 1.807) is 7.05 Å². The van der Waals surface area contributed by atoms with Crippen LogP contribution in [0.15, 0.2) is 66.9 Å². The van der Waals surface area contributed by atoms with E-state index in [-0.39, 0.29) is 24.7 Å². The zero-order chi connectivity index (χ0) is 18.6. The van der Waals surface area contributed by atoms with Crippen molar-refractivity contribution < 1.29 is 18.7 Å². The van der Waals surface area contributed by atoms with Crippen LogP contribution in [0.25, 0.3) is 0 Å². The van der Waals surface area contributed by atoms with E-state index in [0.29, 0.717) is 0 Å². The van der Waals surface area contributed by atoms with Gasteiger partial charge >= 0.3 is 7.75 Å². The minimum atomic E-state index is -4.00. The Labute approximate surface area is 151 Å². The summed E-state index contributed by atoms with van der Waals surface area (Å²) < 4.78 is 26.9. The second-order valence-electron chi connectivity index (χ2n) is 5.72. The summed E-state index contributed by atoms with van der Waals surface area (Å²) in [6.45, 7) is 0.0430. The third-order valence-electron chi connectivity index (χ3n) is 3.78. The second kappa shape index (κ2) is 7.74. The molecule has 0 fully saturated rings. The molecule has 2 aromatic carbocycles. The summed E-state index contributed by atoms with van der Waals surface area (Å²) in [4.78, 5) is 0. The molecule has 0 unspecified atom stereocenters. The maximum absolute atomic E-state index is 13.4. The fourth-order valence-corrected chi connectivity index (χ4v) is 4.01. The van der Waals surface area contributed by atoms with Crippen LogP contribution in [0, 0.1) is 5.41 Å². The third kappa shape index (κ3) is 3.96. The van der Waals surface area contributed by atoms with Gasteiger partial charge < -0.3 is 9.67 Å². The Morgan fingerprint density at radius 1 is 0.962 bits per heavy atom. The van der Waals surface area contributed by atoms with E-state index in [1.165, 1.54) is 10.8 Å². The van der Waals surface area contributed by atoms with Crippen molar-refractivity contribution in [3.8, 4) is 5.88 Å². The van der Waals surface area contributed by atoms with Crippen molar-refractivity contribution in [2.45, 2.75) is 13.2 Å². The summed E-state index contributed by atoms with van der Waals surface area (Å²) in [6, 6.07) is 18.4. The monoisotopic (exact) mass is 373 g/mol. The number of nitrogens with one attached hydrogen (secondary N) is 1. The number of hydrogen-bond donors (Lipinski definition) is 2. The lowest BCUT2D eigenvalue weighted by Gasteiger charge is -2.19. The minimum Gasteiger partial charge on any atom is -0.493 e. The average Bonchev–Trinajstić information content (AvgIpc) is 2.92. The van der Waals surface area contributed by atoms with Crippen molar-refractivity contribution in [1.82, 2.24) is 8.90 Å². The van der Waals surface area contributed by atoms with Crippen LogP contribution in [0.4, 0.5) is 0 Å². The van der Waals surface area contributed by atoms with Crippen molar-refractivity contribution in [2.75, 3.05) is 0 Å². The largest absolute Gasteiger partial charge is 0.493 e. The third-order valence-corrected chi connectivity index (χ3v) is 5.58. The number of aromatic hydroxyl groups is 1. The molecule has 0 saturated heterocycles. The summed E-state index contributed by atoms with van der Waals surface area (Å²) in [5.41, 5.74) is 1.42. The van der Waals surface area contributed by atoms with Crippen LogP contribution in [0.2, 0.25) is 0 Å². The quantitative estimate of drug-likeness (QED) is 0.621. The van der Waals surface area contributed by atoms with Gasteiger partial charge in [-0.1, -0.05) is 60.7 Å². The molecule has 0 atom stereocenters. The molecule has 26 heavy (non-hydrogen) atoms. The molecular formula is C18H20N3O4P. The number of aromatic nitrogens is 2. The Kier molecular flexibility index (Phi) is 5.42. The number of hydrogen-bond acceptors (Lipinski definition) is 5. The minimum absolute atomic E-state index is 0.0215. The highest BCUT2D eigenvalue weighted by molar-refractivity contribution is 7.52. The Balaban J connectivity index is 1.89. The highest BCUT2D eigenvalue weighted by atomic mass is 31.2. The van der Waals surface area contributed by atoms with Gasteiger partial charge in [0.15, 0.2) is 0 Å². The molecule has 1 aromatic heterocycles. The Hall–Kier alpha value is -2.60. The predicted octanol–water partition coefficient (Wildman–Crippen LogP) is 3.40. The van der Waals surface area contributed by atoms with Gasteiger partial charge in [0.1, 0.15) is 0 Å². The summed E-state index contributed by atoms with van der Waals surface area (Å²) in [6.07, 6.45) is 1.28. The van der Waals surface area contributed by atoms with E-state index in [4.69, 9.17) is 14.5 Å². The van der Waals surface area contributed by atoms with Crippen LogP contribution < -0.4 is 5.62 Å². The number of rotatable bonds is 7. The highest BCUT2D eigenvalue weighted by Gasteiger charge is 2.32. The molecule has 0 aliphatic heterocycles. The van der Waals surface area contributed by atoms with E-state index in [0.717, 1.165) is 15.5 Å². The number of nitrogens with zero attached hydrogens (tertiary/aromatic N) is 2. The zero-order valence-corrected chi connectivity index (χ0v) is 15.2. The normalized spacial score (nSPS) is 11.6. The molecule has 3 rings (SSSR count). The van der Waals surface area contributed by atoms with Crippen molar-refractivity contribution in [2.24, 2.45) is 7.05 Å². The molecule has 0 spiro atoms. The van der Waals surface area contributed by atoms with Crippen molar-refractivity contribution in [3.05, 3.63) is 83.6 Å². The summed E-state index contributed by atoms with van der Waals surface area (Å²) >= 11 is 0. The fraction of sp³-hybridized carbons (Fsp3) is 0.167. The molecule has 136 valence electrons. The lowest BCUT2D eigenvalue weighted by atomic mass is 10.2. The molecule has 7 nitrogen and oxygen atoms in total. The summed E-state index contributed by atoms with van der Waals surface area (Å²) in [7, 11) is -2.43. The molecule has 3 aromatic rings. The van der Waals surface area contributed by atoms with Gasteiger partial charge in [-0.3, -0.25) is 14.5 Å². The fourth-order valence-electron chi connectivity index (χ4n) is 2.40. The van der Waals surface area contributed by atoms with Crippen LogP contribution >= 0.6 is 7.75 Å². The summed E-state index contributed by atoms with van der Waals surface area (Å²) in [5.74, 6) is -0.359. The highest BCUT2D eigenvalue weighted by Crippen LogP contribution is 2.52. The van der Waals surface area contributed by atoms with Crippen LogP contribution in [0.1, 0.15) is 11.1 Å². The van der Waals surface area contributed by atoms with E-state index in [1.807, 2.05) is 60.7 Å². The van der Waals surface area contributed by atoms with Gasteiger partial charge in [-0.25, -0.2) is 4.57 Å². The SMILES string of the molecule is Cn1cc(O)n(P(=O)(OCc2ccccc2)OCc2ccccc2)c1=N. The molecule has 0 bridgehead atoms. The average molecular weight is 373 g/mol. The molecule has 2 N–H and O–H groups in total. The molecule has 0 aliphatic carbocycles.